The van der Waals surface area contributed by atoms with Crippen LogP contribution < -0.4 is 11.1 Å². The Bertz CT molecular complexity index is 475. The average molecular weight is 308 g/mol. The van der Waals surface area contributed by atoms with Gasteiger partial charge in [0, 0.05) is 13.1 Å². The molecule has 0 radical (unpaired) electrons. The summed E-state index contributed by atoms with van der Waals surface area (Å²) in [6.45, 7) is 0.849. The topological polar surface area (TPSA) is 102 Å². The predicted octanol–water partition coefficient (Wildman–Crippen LogP) is 1.51. The predicted molar refractivity (Wildman–Crippen MR) is 80.1 cm³/mol. The lowest BCUT2D eigenvalue weighted by Gasteiger charge is -2.57. The van der Waals surface area contributed by atoms with Gasteiger partial charge in [-0.1, -0.05) is 12.2 Å². The molecule has 4 fully saturated rings. The van der Waals surface area contributed by atoms with E-state index in [1.807, 2.05) is 0 Å². The van der Waals surface area contributed by atoms with Crippen LogP contribution in [0.4, 0.5) is 4.79 Å². The van der Waals surface area contributed by atoms with E-state index in [1.54, 1.807) is 12.2 Å². The van der Waals surface area contributed by atoms with E-state index in [-0.39, 0.29) is 17.9 Å². The number of alkyl carbamates (subject to hydrolysis) is 1. The Balaban J connectivity index is 1.59. The second-order valence-corrected chi connectivity index (χ2v) is 7.01. The van der Waals surface area contributed by atoms with Gasteiger partial charge in [-0.05, 0) is 49.9 Å². The van der Waals surface area contributed by atoms with Gasteiger partial charge in [-0.25, -0.2) is 4.79 Å². The van der Waals surface area contributed by atoms with E-state index in [1.165, 1.54) is 0 Å². The van der Waals surface area contributed by atoms with Gasteiger partial charge in [0.15, 0.2) is 0 Å². The minimum absolute atomic E-state index is 0.123. The quantitative estimate of drug-likeness (QED) is 0.668. The fourth-order valence-corrected chi connectivity index (χ4v) is 4.92. The number of nitrogens with one attached hydrogen (secondary N) is 1. The smallest absolute Gasteiger partial charge is 0.407 e. The van der Waals surface area contributed by atoms with Gasteiger partial charge in [-0.3, -0.25) is 4.79 Å². The summed E-state index contributed by atoms with van der Waals surface area (Å²) in [5.41, 5.74) is 4.77. The molecule has 1 amide bonds. The molecule has 122 valence electrons. The summed E-state index contributed by atoms with van der Waals surface area (Å²) in [5.74, 6) is 0.228. The first-order chi connectivity index (χ1) is 10.5. The minimum Gasteiger partial charge on any atom is -0.481 e. The molecule has 4 N–H and O–H groups in total. The van der Waals surface area contributed by atoms with Crippen molar-refractivity contribution in [1.29, 1.82) is 0 Å². The van der Waals surface area contributed by atoms with Crippen molar-refractivity contribution >= 4 is 12.1 Å². The maximum Gasteiger partial charge on any atom is 0.407 e. The number of amides is 1. The Morgan fingerprint density at radius 3 is 2.50 bits per heavy atom. The number of nitrogens with two attached hydrogens (primary N) is 1. The number of carboxylic acids is 1. The fourth-order valence-electron chi connectivity index (χ4n) is 4.92. The van der Waals surface area contributed by atoms with Crippen molar-refractivity contribution in [3.05, 3.63) is 12.2 Å². The number of hydrogen-bond donors (Lipinski definition) is 3. The summed E-state index contributed by atoms with van der Waals surface area (Å²) >= 11 is 0. The highest BCUT2D eigenvalue weighted by Crippen LogP contribution is 2.60. The van der Waals surface area contributed by atoms with Crippen LogP contribution >= 0.6 is 0 Å². The van der Waals surface area contributed by atoms with E-state index in [4.69, 9.17) is 10.5 Å². The van der Waals surface area contributed by atoms with E-state index in [0.29, 0.717) is 31.8 Å². The van der Waals surface area contributed by atoms with Crippen LogP contribution in [0.15, 0.2) is 12.2 Å². The third kappa shape index (κ3) is 2.72. The number of carbonyl (C=O) groups excluding carboxylic acids is 1. The SMILES string of the molecule is NC/C=C/CNC(=O)OC1[C@@H]2CC3C[C@H]1CC(C(=O)O)(C3)C2. The van der Waals surface area contributed by atoms with Crippen molar-refractivity contribution in [3.8, 4) is 0 Å². The van der Waals surface area contributed by atoms with Crippen LogP contribution in [-0.2, 0) is 9.53 Å². The Morgan fingerprint density at radius 2 is 1.91 bits per heavy atom. The molecule has 0 aliphatic heterocycles. The zero-order chi connectivity index (χ0) is 15.7. The third-order valence-corrected chi connectivity index (χ3v) is 5.55. The van der Waals surface area contributed by atoms with Crippen LogP contribution in [0.3, 0.4) is 0 Å². The molecule has 3 unspecified atom stereocenters. The summed E-state index contributed by atoms with van der Waals surface area (Å²) in [6, 6.07) is 0. The van der Waals surface area contributed by atoms with Gasteiger partial charge in [-0.2, -0.15) is 0 Å². The number of carbonyl (C=O) groups is 2. The lowest BCUT2D eigenvalue weighted by Crippen LogP contribution is -2.57. The number of carboxylic acid groups (broad SMARTS) is 1. The molecule has 4 aliphatic rings. The molecule has 0 aromatic carbocycles. The molecule has 0 aromatic heterocycles. The van der Waals surface area contributed by atoms with E-state index in [2.05, 4.69) is 5.32 Å². The van der Waals surface area contributed by atoms with Gasteiger partial charge in [0.25, 0.3) is 0 Å². The Kier molecular flexibility index (Phi) is 4.12. The molecule has 4 bridgehead atoms. The van der Waals surface area contributed by atoms with Crippen molar-refractivity contribution in [1.82, 2.24) is 5.32 Å². The summed E-state index contributed by atoms with van der Waals surface area (Å²) in [4.78, 5) is 23.5. The zero-order valence-electron chi connectivity index (χ0n) is 12.7. The molecule has 6 nitrogen and oxygen atoms in total. The highest BCUT2D eigenvalue weighted by atomic mass is 16.6. The van der Waals surface area contributed by atoms with Crippen LogP contribution in [0.1, 0.15) is 32.1 Å². The first-order valence-electron chi connectivity index (χ1n) is 8.07. The van der Waals surface area contributed by atoms with Crippen LogP contribution in [0.2, 0.25) is 0 Å². The molecule has 0 aromatic rings. The standard InChI is InChI=1S/C16H24N2O4/c17-3-1-2-4-18-15(21)22-13-11-5-10-6-12(13)9-16(7-10,8-11)14(19)20/h1-2,10-13H,3-9,17H2,(H,18,21)(H,19,20)/b2-1+/t10?,11-,12+,13?,16?. The number of ether oxygens (including phenoxy) is 1. The molecule has 6 heteroatoms. The van der Waals surface area contributed by atoms with E-state index in [9.17, 15) is 14.7 Å². The average Bonchev–Trinajstić information content (AvgIpc) is 2.46. The monoisotopic (exact) mass is 308 g/mol. The molecule has 0 spiro atoms. The second kappa shape index (κ2) is 5.91. The fraction of sp³-hybridized carbons (Fsp3) is 0.750. The Hall–Kier alpha value is -1.56. The minimum atomic E-state index is -0.665. The first kappa shape index (κ1) is 15.3. The van der Waals surface area contributed by atoms with Crippen LogP contribution in [0.25, 0.3) is 0 Å². The van der Waals surface area contributed by atoms with Gasteiger partial charge >= 0.3 is 12.1 Å². The molecule has 0 heterocycles. The molecule has 5 atom stereocenters. The van der Waals surface area contributed by atoms with E-state index < -0.39 is 17.5 Å². The van der Waals surface area contributed by atoms with Crippen molar-refractivity contribution in [2.24, 2.45) is 28.9 Å². The molecular weight excluding hydrogens is 284 g/mol. The third-order valence-electron chi connectivity index (χ3n) is 5.55. The number of hydrogen-bond acceptors (Lipinski definition) is 4. The second-order valence-electron chi connectivity index (χ2n) is 7.01. The van der Waals surface area contributed by atoms with Crippen molar-refractivity contribution < 1.29 is 19.4 Å². The van der Waals surface area contributed by atoms with Crippen molar-refractivity contribution in [2.45, 2.75) is 38.2 Å². The zero-order valence-corrected chi connectivity index (χ0v) is 12.7. The number of rotatable bonds is 5. The molecule has 0 saturated heterocycles. The van der Waals surface area contributed by atoms with Gasteiger partial charge in [-0.15, -0.1) is 0 Å². The summed E-state index contributed by atoms with van der Waals surface area (Å²) in [7, 11) is 0. The highest BCUT2D eigenvalue weighted by molar-refractivity contribution is 5.75. The summed E-state index contributed by atoms with van der Waals surface area (Å²) < 4.78 is 5.62. The van der Waals surface area contributed by atoms with E-state index >= 15 is 0 Å². The lowest BCUT2D eigenvalue weighted by molar-refractivity contribution is -0.178. The Morgan fingerprint density at radius 1 is 1.23 bits per heavy atom. The lowest BCUT2D eigenvalue weighted by atomic mass is 9.48. The molecular formula is C16H24N2O4. The Labute approximate surface area is 130 Å². The molecule has 4 rings (SSSR count). The normalized spacial score (nSPS) is 39.1. The highest BCUT2D eigenvalue weighted by Gasteiger charge is 2.59. The van der Waals surface area contributed by atoms with Gasteiger partial charge in [0.1, 0.15) is 6.10 Å². The van der Waals surface area contributed by atoms with Crippen molar-refractivity contribution in [3.63, 3.8) is 0 Å². The van der Waals surface area contributed by atoms with Gasteiger partial charge < -0.3 is 20.9 Å². The summed E-state index contributed by atoms with van der Waals surface area (Å²) in [6.07, 6.45) is 7.13. The maximum absolute atomic E-state index is 11.9. The first-order valence-corrected chi connectivity index (χ1v) is 8.07. The van der Waals surface area contributed by atoms with Gasteiger partial charge in [0.05, 0.1) is 5.41 Å². The number of aliphatic carboxylic acids is 1. The van der Waals surface area contributed by atoms with Crippen LogP contribution in [0.5, 0.6) is 0 Å². The summed E-state index contributed by atoms with van der Waals surface area (Å²) in [5, 5.41) is 12.3. The molecule has 4 aliphatic carbocycles. The molecule has 4 saturated carbocycles. The largest absolute Gasteiger partial charge is 0.481 e. The molecule has 22 heavy (non-hydrogen) atoms. The van der Waals surface area contributed by atoms with E-state index in [0.717, 1.165) is 19.3 Å². The van der Waals surface area contributed by atoms with Crippen LogP contribution in [0, 0.1) is 23.2 Å². The van der Waals surface area contributed by atoms with Gasteiger partial charge in [0.2, 0.25) is 0 Å². The van der Waals surface area contributed by atoms with Crippen molar-refractivity contribution in [2.75, 3.05) is 13.1 Å². The maximum atomic E-state index is 11.9. The van der Waals surface area contributed by atoms with Crippen LogP contribution in [-0.4, -0.2) is 36.4 Å².